The second kappa shape index (κ2) is 7.39. The van der Waals surface area contributed by atoms with Gasteiger partial charge in [0.05, 0.1) is 25.0 Å². The molecule has 0 atom stereocenters. The Morgan fingerprint density at radius 2 is 2.00 bits per heavy atom. The van der Waals surface area contributed by atoms with Gasteiger partial charge in [-0.15, -0.1) is 5.10 Å². The van der Waals surface area contributed by atoms with E-state index in [1.165, 1.54) is 15.3 Å². The smallest absolute Gasteiger partial charge is 0.347 e. The van der Waals surface area contributed by atoms with E-state index >= 15 is 0 Å². The summed E-state index contributed by atoms with van der Waals surface area (Å²) in [6.45, 7) is -0.0234. The van der Waals surface area contributed by atoms with E-state index in [1.54, 1.807) is 42.7 Å². The van der Waals surface area contributed by atoms with Crippen molar-refractivity contribution in [2.75, 3.05) is 11.9 Å². The van der Waals surface area contributed by atoms with Crippen molar-refractivity contribution in [1.29, 1.82) is 0 Å². The van der Waals surface area contributed by atoms with Crippen LogP contribution >= 0.6 is 0 Å². The van der Waals surface area contributed by atoms with Gasteiger partial charge in [-0.05, 0) is 24.3 Å². The zero-order valence-corrected chi connectivity index (χ0v) is 13.3. The molecule has 0 saturated heterocycles. The van der Waals surface area contributed by atoms with Crippen LogP contribution in [-0.4, -0.2) is 37.5 Å². The number of hydrogen-bond donors (Lipinski definition) is 2. The highest BCUT2D eigenvalue weighted by Gasteiger charge is 2.09. The monoisotopic (exact) mass is 340 g/mol. The summed E-state index contributed by atoms with van der Waals surface area (Å²) in [5.74, 6) is -0.698. The van der Waals surface area contributed by atoms with Gasteiger partial charge in [0.1, 0.15) is 0 Å². The average molecular weight is 340 g/mol. The minimum Gasteiger partial charge on any atom is -0.347 e. The topological polar surface area (TPSA) is 110 Å². The Morgan fingerprint density at radius 3 is 2.76 bits per heavy atom. The van der Waals surface area contributed by atoms with Crippen LogP contribution in [0.3, 0.4) is 0 Å². The maximum absolute atomic E-state index is 12.1. The van der Waals surface area contributed by atoms with Gasteiger partial charge in [0.25, 0.3) is 0 Å². The maximum atomic E-state index is 12.1. The van der Waals surface area contributed by atoms with Crippen LogP contribution in [0.5, 0.6) is 0 Å². The first-order chi connectivity index (χ1) is 12.1. The summed E-state index contributed by atoms with van der Waals surface area (Å²) < 4.78 is 2.63. The lowest BCUT2D eigenvalue weighted by Gasteiger charge is -2.06. The summed E-state index contributed by atoms with van der Waals surface area (Å²) in [6, 6.07) is 8.61. The molecule has 0 bridgehead atoms. The van der Waals surface area contributed by atoms with Crippen LogP contribution in [-0.2, 0) is 16.1 Å². The molecule has 9 heteroatoms. The van der Waals surface area contributed by atoms with Gasteiger partial charge >= 0.3 is 5.69 Å². The first kappa shape index (κ1) is 16.4. The fraction of sp³-hybridized carbons (Fsp3) is 0.188. The summed E-state index contributed by atoms with van der Waals surface area (Å²) in [4.78, 5) is 39.5. The highest BCUT2D eigenvalue weighted by atomic mass is 16.2. The molecule has 128 valence electrons. The first-order valence-corrected chi connectivity index (χ1v) is 7.64. The number of carbonyl (C=O) groups excluding carboxylic acids is 2. The Morgan fingerprint density at radius 1 is 1.12 bits per heavy atom. The van der Waals surface area contributed by atoms with E-state index in [-0.39, 0.29) is 37.0 Å². The van der Waals surface area contributed by atoms with Gasteiger partial charge < -0.3 is 10.6 Å². The summed E-state index contributed by atoms with van der Waals surface area (Å²) >= 11 is 0. The van der Waals surface area contributed by atoms with Crippen LogP contribution in [0.4, 0.5) is 5.69 Å². The molecule has 3 heterocycles. The summed E-state index contributed by atoms with van der Waals surface area (Å²) in [5.41, 5.74) is 0.763. The fourth-order valence-corrected chi connectivity index (χ4v) is 2.23. The number of amides is 2. The van der Waals surface area contributed by atoms with E-state index in [2.05, 4.69) is 20.7 Å². The van der Waals surface area contributed by atoms with Crippen molar-refractivity contribution >= 4 is 23.1 Å². The van der Waals surface area contributed by atoms with Crippen LogP contribution < -0.4 is 16.3 Å². The molecule has 0 aromatic carbocycles. The first-order valence-electron chi connectivity index (χ1n) is 7.64. The number of nitrogens with one attached hydrogen (secondary N) is 2. The van der Waals surface area contributed by atoms with Gasteiger partial charge in [-0.25, -0.2) is 9.48 Å². The molecule has 0 aliphatic heterocycles. The molecule has 3 rings (SSSR count). The third kappa shape index (κ3) is 4.08. The lowest BCUT2D eigenvalue weighted by atomic mass is 10.4. The normalized spacial score (nSPS) is 10.6. The number of anilines is 1. The van der Waals surface area contributed by atoms with Crippen LogP contribution in [0.25, 0.3) is 5.65 Å². The molecule has 0 aliphatic rings. The van der Waals surface area contributed by atoms with Gasteiger partial charge in [0.2, 0.25) is 11.8 Å². The molecule has 0 fully saturated rings. The van der Waals surface area contributed by atoms with Crippen molar-refractivity contribution < 1.29 is 9.59 Å². The van der Waals surface area contributed by atoms with Gasteiger partial charge in [0, 0.05) is 18.8 Å². The molecular weight excluding hydrogens is 324 g/mol. The molecule has 3 aromatic heterocycles. The van der Waals surface area contributed by atoms with Crippen LogP contribution in [0, 0.1) is 0 Å². The van der Waals surface area contributed by atoms with E-state index in [0.29, 0.717) is 11.3 Å². The standard InChI is InChI=1S/C16H16N6O3/c23-14(18-11-15(24)19-12-4-3-7-17-10-12)6-9-22-16(25)21-8-2-1-5-13(21)20-22/h1-5,7-8,10H,6,9,11H2,(H,18,23)(H,19,24). The Hall–Kier alpha value is -3.49. The summed E-state index contributed by atoms with van der Waals surface area (Å²) in [5, 5.41) is 9.25. The largest absolute Gasteiger partial charge is 0.350 e. The molecule has 2 N–H and O–H groups in total. The molecular formula is C16H16N6O3. The lowest BCUT2D eigenvalue weighted by molar-refractivity contribution is -0.124. The van der Waals surface area contributed by atoms with Crippen molar-refractivity contribution in [2.45, 2.75) is 13.0 Å². The zero-order valence-electron chi connectivity index (χ0n) is 13.3. The van der Waals surface area contributed by atoms with Crippen LogP contribution in [0.1, 0.15) is 6.42 Å². The van der Waals surface area contributed by atoms with Crippen LogP contribution in [0.15, 0.2) is 53.7 Å². The van der Waals surface area contributed by atoms with Crippen molar-refractivity contribution in [3.63, 3.8) is 0 Å². The molecule has 0 aliphatic carbocycles. The minimum absolute atomic E-state index is 0.0456. The van der Waals surface area contributed by atoms with Gasteiger partial charge in [-0.3, -0.25) is 19.0 Å². The van der Waals surface area contributed by atoms with E-state index in [0.717, 1.165) is 0 Å². The van der Waals surface area contributed by atoms with Crippen molar-refractivity contribution in [3.8, 4) is 0 Å². The summed E-state index contributed by atoms with van der Waals surface area (Å²) in [6.07, 6.45) is 4.77. The van der Waals surface area contributed by atoms with Crippen molar-refractivity contribution in [3.05, 3.63) is 59.4 Å². The van der Waals surface area contributed by atoms with E-state index in [9.17, 15) is 14.4 Å². The highest BCUT2D eigenvalue weighted by molar-refractivity contribution is 5.94. The third-order valence-corrected chi connectivity index (χ3v) is 3.43. The number of nitrogens with zero attached hydrogens (tertiary/aromatic N) is 4. The van der Waals surface area contributed by atoms with Gasteiger partial charge in [-0.1, -0.05) is 6.07 Å². The summed E-state index contributed by atoms with van der Waals surface area (Å²) in [7, 11) is 0. The second-order valence-electron chi connectivity index (χ2n) is 5.25. The number of fused-ring (bicyclic) bond motifs is 1. The molecule has 25 heavy (non-hydrogen) atoms. The predicted molar refractivity (Wildman–Crippen MR) is 89.9 cm³/mol. The van der Waals surface area contributed by atoms with E-state index in [4.69, 9.17) is 0 Å². The third-order valence-electron chi connectivity index (χ3n) is 3.43. The minimum atomic E-state index is -0.355. The second-order valence-corrected chi connectivity index (χ2v) is 5.25. The van der Waals surface area contributed by atoms with Crippen molar-refractivity contribution in [2.24, 2.45) is 0 Å². The van der Waals surface area contributed by atoms with Crippen molar-refractivity contribution in [1.82, 2.24) is 24.5 Å². The number of aromatic nitrogens is 4. The zero-order chi connectivity index (χ0) is 17.6. The van der Waals surface area contributed by atoms with E-state index in [1.807, 2.05) is 0 Å². The molecule has 0 spiro atoms. The molecule has 9 nitrogen and oxygen atoms in total. The molecule has 3 aromatic rings. The SMILES string of the molecule is O=C(CCn1nc2ccccn2c1=O)NCC(=O)Nc1cccnc1. The number of pyridine rings is 2. The highest BCUT2D eigenvalue weighted by Crippen LogP contribution is 2.01. The number of carbonyl (C=O) groups is 2. The van der Waals surface area contributed by atoms with Gasteiger partial charge in [-0.2, -0.15) is 0 Å². The fourth-order valence-electron chi connectivity index (χ4n) is 2.23. The predicted octanol–water partition coefficient (Wildman–Crippen LogP) is 0.0360. The number of rotatable bonds is 6. The quantitative estimate of drug-likeness (QED) is 0.658. The van der Waals surface area contributed by atoms with Gasteiger partial charge in [0.15, 0.2) is 5.65 Å². The Labute approximate surface area is 142 Å². The van der Waals surface area contributed by atoms with E-state index < -0.39 is 0 Å². The Kier molecular flexibility index (Phi) is 4.84. The Bertz CT molecular complexity index is 947. The molecule has 0 saturated carbocycles. The number of hydrogen-bond acceptors (Lipinski definition) is 5. The molecule has 0 unspecified atom stereocenters. The number of aryl methyl sites for hydroxylation is 1. The average Bonchev–Trinajstić information content (AvgIpc) is 2.95. The maximum Gasteiger partial charge on any atom is 0.350 e. The Balaban J connectivity index is 1.48. The lowest BCUT2D eigenvalue weighted by Crippen LogP contribution is -2.34. The van der Waals surface area contributed by atoms with Crippen LogP contribution in [0.2, 0.25) is 0 Å². The molecule has 2 amide bonds. The molecule has 0 radical (unpaired) electrons.